The topological polar surface area (TPSA) is 50.4 Å². The molecule has 2 rings (SSSR count). The van der Waals surface area contributed by atoms with E-state index in [4.69, 9.17) is 4.42 Å². The fraction of sp³-hybridized carbons (Fsp3) is 0.706. The van der Waals surface area contributed by atoms with Gasteiger partial charge in [-0.15, -0.1) is 0 Å². The second-order valence-corrected chi connectivity index (χ2v) is 6.48. The summed E-state index contributed by atoms with van der Waals surface area (Å²) in [6, 6.07) is 3.33. The summed E-state index contributed by atoms with van der Waals surface area (Å²) in [6.45, 7) is 8.60. The van der Waals surface area contributed by atoms with Gasteiger partial charge in [0.15, 0.2) is 0 Å². The van der Waals surface area contributed by atoms with Crippen molar-refractivity contribution >= 4 is 0 Å². The molecule has 3 heteroatoms. The Bertz CT molecular complexity index is 501. The zero-order valence-electron chi connectivity index (χ0n) is 13.0. The van der Waals surface area contributed by atoms with Crippen LogP contribution in [0, 0.1) is 11.3 Å². The highest BCUT2D eigenvalue weighted by Gasteiger charge is 2.57. The van der Waals surface area contributed by atoms with Gasteiger partial charge in [-0.25, -0.2) is 4.79 Å². The predicted molar refractivity (Wildman–Crippen MR) is 79.8 cm³/mol. The van der Waals surface area contributed by atoms with Crippen LogP contribution in [0.3, 0.4) is 0 Å². The summed E-state index contributed by atoms with van der Waals surface area (Å²) in [7, 11) is 0. The van der Waals surface area contributed by atoms with E-state index in [1.807, 2.05) is 6.07 Å². The number of hydrogen-bond acceptors (Lipinski definition) is 3. The standard InChI is InChI=1S/C17H26O3/c1-5-12(3)17(19)10-9-14(16(17,4)6-2)13-7-8-15(18)20-11-13/h7-8,11-12,14,19H,5-6,9-10H2,1-4H3. The molecule has 0 bridgehead atoms. The summed E-state index contributed by atoms with van der Waals surface area (Å²) in [5.41, 5.74) is -0.102. The summed E-state index contributed by atoms with van der Waals surface area (Å²) in [4.78, 5) is 11.1. The quantitative estimate of drug-likeness (QED) is 0.913. The molecule has 0 saturated heterocycles. The third-order valence-corrected chi connectivity index (χ3v) is 5.86. The summed E-state index contributed by atoms with van der Waals surface area (Å²) < 4.78 is 5.03. The molecule has 1 aromatic heterocycles. The summed E-state index contributed by atoms with van der Waals surface area (Å²) in [6.07, 6.45) is 5.22. The van der Waals surface area contributed by atoms with E-state index < -0.39 is 5.60 Å². The Labute approximate surface area is 121 Å². The van der Waals surface area contributed by atoms with Crippen LogP contribution in [0.5, 0.6) is 0 Å². The average Bonchev–Trinajstić information content (AvgIpc) is 2.73. The predicted octanol–water partition coefficient (Wildman–Crippen LogP) is 3.71. The van der Waals surface area contributed by atoms with E-state index in [9.17, 15) is 9.90 Å². The first-order valence-corrected chi connectivity index (χ1v) is 7.70. The minimum atomic E-state index is -0.642. The Kier molecular flexibility index (Phi) is 4.10. The van der Waals surface area contributed by atoms with Gasteiger partial charge in [-0.05, 0) is 42.7 Å². The highest BCUT2D eigenvalue weighted by atomic mass is 16.4. The Morgan fingerprint density at radius 1 is 1.45 bits per heavy atom. The zero-order valence-corrected chi connectivity index (χ0v) is 13.0. The van der Waals surface area contributed by atoms with E-state index in [1.165, 1.54) is 6.07 Å². The third kappa shape index (κ3) is 2.12. The molecular weight excluding hydrogens is 252 g/mol. The molecule has 1 fully saturated rings. The molecule has 1 aliphatic rings. The molecule has 0 spiro atoms. The Morgan fingerprint density at radius 2 is 2.15 bits per heavy atom. The molecule has 3 nitrogen and oxygen atoms in total. The molecule has 4 unspecified atom stereocenters. The molecule has 1 heterocycles. The van der Waals surface area contributed by atoms with Crippen LogP contribution in [-0.2, 0) is 0 Å². The second kappa shape index (κ2) is 5.36. The van der Waals surface area contributed by atoms with E-state index in [1.54, 1.807) is 6.26 Å². The molecule has 0 aliphatic heterocycles. The first-order valence-electron chi connectivity index (χ1n) is 7.70. The van der Waals surface area contributed by atoms with Crippen LogP contribution >= 0.6 is 0 Å². The van der Waals surface area contributed by atoms with E-state index in [2.05, 4.69) is 27.7 Å². The lowest BCUT2D eigenvalue weighted by Gasteiger charge is -2.46. The van der Waals surface area contributed by atoms with Crippen LogP contribution in [0.2, 0.25) is 0 Å². The fourth-order valence-electron chi connectivity index (χ4n) is 4.07. The molecule has 1 N–H and O–H groups in total. The highest BCUT2D eigenvalue weighted by molar-refractivity contribution is 5.23. The molecule has 0 aromatic carbocycles. The van der Waals surface area contributed by atoms with Crippen molar-refractivity contribution in [3.8, 4) is 0 Å². The average molecular weight is 278 g/mol. The van der Waals surface area contributed by atoms with Crippen LogP contribution in [0.25, 0.3) is 0 Å². The minimum Gasteiger partial charge on any atom is -0.431 e. The molecule has 1 aromatic rings. The normalized spacial score (nSPS) is 35.1. The largest absolute Gasteiger partial charge is 0.431 e. The highest BCUT2D eigenvalue weighted by Crippen LogP contribution is 2.59. The van der Waals surface area contributed by atoms with Crippen molar-refractivity contribution in [3.63, 3.8) is 0 Å². The van der Waals surface area contributed by atoms with Crippen LogP contribution < -0.4 is 5.63 Å². The lowest BCUT2D eigenvalue weighted by Crippen LogP contribution is -2.48. The molecule has 0 amide bonds. The van der Waals surface area contributed by atoms with Gasteiger partial charge in [0.25, 0.3) is 0 Å². The van der Waals surface area contributed by atoms with Crippen LogP contribution in [0.15, 0.2) is 27.6 Å². The first-order chi connectivity index (χ1) is 9.39. The molecular formula is C17H26O3. The summed E-state index contributed by atoms with van der Waals surface area (Å²) in [5.74, 6) is 0.518. The molecule has 0 radical (unpaired) electrons. The number of hydrogen-bond donors (Lipinski definition) is 1. The maximum Gasteiger partial charge on any atom is 0.335 e. The SMILES string of the molecule is CCC(C)C1(O)CCC(c2ccc(=O)oc2)C1(C)CC. The smallest absolute Gasteiger partial charge is 0.335 e. The molecule has 112 valence electrons. The van der Waals surface area contributed by atoms with Crippen molar-refractivity contribution in [1.82, 2.24) is 0 Å². The van der Waals surface area contributed by atoms with Crippen molar-refractivity contribution in [2.75, 3.05) is 0 Å². The summed E-state index contributed by atoms with van der Waals surface area (Å²) in [5, 5.41) is 11.3. The molecule has 4 atom stereocenters. The Hall–Kier alpha value is -1.09. The maximum absolute atomic E-state index is 11.3. The van der Waals surface area contributed by atoms with Crippen molar-refractivity contribution in [2.45, 2.75) is 64.9 Å². The van der Waals surface area contributed by atoms with E-state index in [0.717, 1.165) is 31.2 Å². The van der Waals surface area contributed by atoms with Gasteiger partial charge in [-0.3, -0.25) is 0 Å². The van der Waals surface area contributed by atoms with Gasteiger partial charge < -0.3 is 9.52 Å². The van der Waals surface area contributed by atoms with Gasteiger partial charge in [-0.1, -0.05) is 34.1 Å². The lowest BCUT2D eigenvalue weighted by molar-refractivity contribution is -0.102. The van der Waals surface area contributed by atoms with Crippen molar-refractivity contribution < 1.29 is 9.52 Å². The molecule has 1 aliphatic carbocycles. The van der Waals surface area contributed by atoms with Crippen LogP contribution in [-0.4, -0.2) is 10.7 Å². The minimum absolute atomic E-state index is 0.178. The second-order valence-electron chi connectivity index (χ2n) is 6.48. The van der Waals surface area contributed by atoms with E-state index >= 15 is 0 Å². The Balaban J connectivity index is 2.42. The zero-order chi connectivity index (χ0) is 15.0. The van der Waals surface area contributed by atoms with Crippen molar-refractivity contribution in [3.05, 3.63) is 34.4 Å². The molecule has 20 heavy (non-hydrogen) atoms. The van der Waals surface area contributed by atoms with Gasteiger partial charge in [0.2, 0.25) is 0 Å². The van der Waals surface area contributed by atoms with Crippen LogP contribution in [0.1, 0.15) is 64.9 Å². The van der Waals surface area contributed by atoms with Gasteiger partial charge in [0.1, 0.15) is 0 Å². The maximum atomic E-state index is 11.3. The fourth-order valence-corrected chi connectivity index (χ4v) is 4.07. The monoisotopic (exact) mass is 278 g/mol. The lowest BCUT2D eigenvalue weighted by atomic mass is 9.62. The van der Waals surface area contributed by atoms with E-state index in [0.29, 0.717) is 0 Å². The number of rotatable bonds is 4. The van der Waals surface area contributed by atoms with Crippen molar-refractivity contribution in [1.29, 1.82) is 0 Å². The summed E-state index contributed by atoms with van der Waals surface area (Å²) >= 11 is 0. The number of aliphatic hydroxyl groups is 1. The third-order valence-electron chi connectivity index (χ3n) is 5.86. The van der Waals surface area contributed by atoms with Gasteiger partial charge in [-0.2, -0.15) is 0 Å². The Morgan fingerprint density at radius 3 is 2.65 bits per heavy atom. The van der Waals surface area contributed by atoms with Gasteiger partial charge >= 0.3 is 5.63 Å². The van der Waals surface area contributed by atoms with Crippen LogP contribution in [0.4, 0.5) is 0 Å². The van der Waals surface area contributed by atoms with Crippen molar-refractivity contribution in [2.24, 2.45) is 11.3 Å². The first kappa shape index (κ1) is 15.3. The van der Waals surface area contributed by atoms with Gasteiger partial charge in [0.05, 0.1) is 11.9 Å². The van der Waals surface area contributed by atoms with Gasteiger partial charge in [0, 0.05) is 11.5 Å². The molecule has 1 saturated carbocycles. The van der Waals surface area contributed by atoms with E-state index in [-0.39, 0.29) is 22.9 Å².